The van der Waals surface area contributed by atoms with Crippen molar-refractivity contribution in [1.82, 2.24) is 9.47 Å². The molecule has 0 unspecified atom stereocenters. The lowest BCUT2D eigenvalue weighted by Gasteiger charge is -2.13. The Labute approximate surface area is 171 Å². The number of sulfonamides is 1. The minimum absolute atomic E-state index is 0.260. The lowest BCUT2D eigenvalue weighted by atomic mass is 10.1. The fraction of sp³-hybridized carbons (Fsp3) is 0.217. The molecule has 0 spiro atoms. The zero-order chi connectivity index (χ0) is 20.6. The number of anilines is 1. The van der Waals surface area contributed by atoms with E-state index in [1.165, 1.54) is 0 Å². The molecule has 0 fully saturated rings. The number of fused-ring (bicyclic) bond motifs is 2. The smallest absolute Gasteiger partial charge is 0.261 e. The van der Waals surface area contributed by atoms with E-state index in [-0.39, 0.29) is 4.90 Å². The van der Waals surface area contributed by atoms with Gasteiger partial charge in [0.05, 0.1) is 4.90 Å². The number of nitrogens with zero attached hydrogens (tertiary/aromatic N) is 2. The molecule has 29 heavy (non-hydrogen) atoms. The van der Waals surface area contributed by atoms with Gasteiger partial charge >= 0.3 is 0 Å². The SMILES string of the molecule is Cc1cc2cc(NS(=O)(=O)c3ccc4ccccc4c3)ccc2n1CCN(C)C. The van der Waals surface area contributed by atoms with Gasteiger partial charge in [0.2, 0.25) is 0 Å². The molecule has 0 aliphatic heterocycles. The number of nitrogens with one attached hydrogen (secondary N) is 1. The summed E-state index contributed by atoms with van der Waals surface area (Å²) in [6.07, 6.45) is 0. The molecular formula is C23H25N3O2S. The highest BCUT2D eigenvalue weighted by Gasteiger charge is 2.16. The van der Waals surface area contributed by atoms with E-state index >= 15 is 0 Å². The first-order valence-corrected chi connectivity index (χ1v) is 11.1. The van der Waals surface area contributed by atoms with E-state index in [1.54, 1.807) is 12.1 Å². The molecule has 0 saturated carbocycles. The molecule has 5 nitrogen and oxygen atoms in total. The molecular weight excluding hydrogens is 382 g/mol. The van der Waals surface area contributed by atoms with Crippen LogP contribution in [0.3, 0.4) is 0 Å². The van der Waals surface area contributed by atoms with Crippen LogP contribution >= 0.6 is 0 Å². The summed E-state index contributed by atoms with van der Waals surface area (Å²) >= 11 is 0. The van der Waals surface area contributed by atoms with Crippen molar-refractivity contribution in [3.8, 4) is 0 Å². The molecule has 1 N–H and O–H groups in total. The Balaban J connectivity index is 1.64. The normalized spacial score (nSPS) is 12.1. The van der Waals surface area contributed by atoms with Crippen molar-refractivity contribution in [2.75, 3.05) is 25.4 Å². The first kappa shape index (κ1) is 19.5. The van der Waals surface area contributed by atoms with E-state index in [9.17, 15) is 8.42 Å². The van der Waals surface area contributed by atoms with Crippen molar-refractivity contribution in [1.29, 1.82) is 0 Å². The summed E-state index contributed by atoms with van der Waals surface area (Å²) in [4.78, 5) is 2.41. The Kier molecular flexibility index (Phi) is 5.06. The highest BCUT2D eigenvalue weighted by Crippen LogP contribution is 2.26. The predicted octanol–water partition coefficient (Wildman–Crippen LogP) is 4.47. The maximum Gasteiger partial charge on any atom is 0.261 e. The molecule has 4 aromatic rings. The van der Waals surface area contributed by atoms with Crippen LogP contribution < -0.4 is 4.72 Å². The maximum atomic E-state index is 12.9. The molecule has 0 amide bonds. The third kappa shape index (κ3) is 3.99. The fourth-order valence-electron chi connectivity index (χ4n) is 3.62. The summed E-state index contributed by atoms with van der Waals surface area (Å²) in [6, 6.07) is 20.7. The van der Waals surface area contributed by atoms with Gasteiger partial charge in [0, 0.05) is 35.4 Å². The highest BCUT2D eigenvalue weighted by molar-refractivity contribution is 7.92. The minimum atomic E-state index is -3.66. The largest absolute Gasteiger partial charge is 0.344 e. The Morgan fingerprint density at radius 2 is 1.66 bits per heavy atom. The van der Waals surface area contributed by atoms with Crippen LogP contribution in [0.5, 0.6) is 0 Å². The van der Waals surface area contributed by atoms with Crippen LogP contribution in [0, 0.1) is 6.92 Å². The molecule has 0 aliphatic carbocycles. The molecule has 1 heterocycles. The second-order valence-electron chi connectivity index (χ2n) is 7.63. The molecule has 1 aromatic heterocycles. The summed E-state index contributed by atoms with van der Waals surface area (Å²) in [5.41, 5.74) is 2.84. The second kappa shape index (κ2) is 7.54. The molecule has 0 aliphatic rings. The molecule has 150 valence electrons. The number of benzene rings is 3. The van der Waals surface area contributed by atoms with Gasteiger partial charge < -0.3 is 9.47 Å². The first-order chi connectivity index (χ1) is 13.8. The lowest BCUT2D eigenvalue weighted by molar-refractivity contribution is 0.385. The predicted molar refractivity (Wildman–Crippen MR) is 120 cm³/mol. The third-order valence-electron chi connectivity index (χ3n) is 5.16. The Bertz CT molecular complexity index is 1290. The molecule has 0 bridgehead atoms. The van der Waals surface area contributed by atoms with Crippen LogP contribution in [0.1, 0.15) is 5.69 Å². The van der Waals surface area contributed by atoms with Crippen LogP contribution in [0.15, 0.2) is 71.6 Å². The van der Waals surface area contributed by atoms with Crippen LogP contribution in [0.2, 0.25) is 0 Å². The molecule has 0 radical (unpaired) electrons. The number of hydrogen-bond donors (Lipinski definition) is 1. The van der Waals surface area contributed by atoms with E-state index in [4.69, 9.17) is 0 Å². The van der Waals surface area contributed by atoms with Crippen molar-refractivity contribution in [2.24, 2.45) is 0 Å². The van der Waals surface area contributed by atoms with E-state index in [0.717, 1.165) is 40.5 Å². The van der Waals surface area contributed by atoms with E-state index in [2.05, 4.69) is 41.3 Å². The van der Waals surface area contributed by atoms with Crippen LogP contribution in [-0.4, -0.2) is 38.5 Å². The van der Waals surface area contributed by atoms with Gasteiger partial charge in [-0.3, -0.25) is 4.72 Å². The number of rotatable bonds is 6. The first-order valence-electron chi connectivity index (χ1n) is 9.60. The number of hydrogen-bond acceptors (Lipinski definition) is 3. The molecule has 4 rings (SSSR count). The average Bonchev–Trinajstić information content (AvgIpc) is 2.99. The van der Waals surface area contributed by atoms with Gasteiger partial charge in [-0.2, -0.15) is 0 Å². The molecule has 6 heteroatoms. The maximum absolute atomic E-state index is 12.9. The quantitative estimate of drug-likeness (QED) is 0.513. The van der Waals surface area contributed by atoms with Crippen molar-refractivity contribution < 1.29 is 8.42 Å². The topological polar surface area (TPSA) is 54.3 Å². The van der Waals surface area contributed by atoms with Gasteiger partial charge in [0.1, 0.15) is 0 Å². The Morgan fingerprint density at radius 1 is 0.897 bits per heavy atom. The Morgan fingerprint density at radius 3 is 2.41 bits per heavy atom. The van der Waals surface area contributed by atoms with Crippen molar-refractivity contribution in [2.45, 2.75) is 18.4 Å². The molecule has 3 aromatic carbocycles. The van der Waals surface area contributed by atoms with Crippen molar-refractivity contribution in [3.05, 3.63) is 72.4 Å². The zero-order valence-electron chi connectivity index (χ0n) is 16.9. The monoisotopic (exact) mass is 407 g/mol. The van der Waals surface area contributed by atoms with Gasteiger partial charge in [-0.1, -0.05) is 30.3 Å². The van der Waals surface area contributed by atoms with Crippen LogP contribution in [0.4, 0.5) is 5.69 Å². The average molecular weight is 408 g/mol. The lowest BCUT2D eigenvalue weighted by Crippen LogP contribution is -2.18. The van der Waals surface area contributed by atoms with Crippen molar-refractivity contribution in [3.63, 3.8) is 0 Å². The fourth-order valence-corrected chi connectivity index (χ4v) is 4.70. The highest BCUT2D eigenvalue weighted by atomic mass is 32.2. The molecule has 0 saturated heterocycles. The standard InChI is InChI=1S/C23H25N3O2S/c1-17-14-20-15-21(9-11-23(20)26(17)13-12-25(2)3)24-29(27,28)22-10-8-18-6-4-5-7-19(18)16-22/h4-11,14-16,24H,12-13H2,1-3H3. The van der Waals surface area contributed by atoms with Crippen LogP contribution in [0.25, 0.3) is 21.7 Å². The van der Waals surface area contributed by atoms with Gasteiger partial charge in [-0.15, -0.1) is 0 Å². The van der Waals surface area contributed by atoms with Crippen LogP contribution in [-0.2, 0) is 16.6 Å². The van der Waals surface area contributed by atoms with Gasteiger partial charge in [0.15, 0.2) is 0 Å². The van der Waals surface area contributed by atoms with E-state index < -0.39 is 10.0 Å². The summed E-state index contributed by atoms with van der Waals surface area (Å²) in [6.45, 7) is 3.92. The number of likely N-dealkylation sites (N-methyl/N-ethyl adjacent to an activating group) is 1. The van der Waals surface area contributed by atoms with Gasteiger partial charge in [-0.25, -0.2) is 8.42 Å². The molecule has 0 atom stereocenters. The van der Waals surface area contributed by atoms with Gasteiger partial charge in [-0.05, 0) is 68.2 Å². The van der Waals surface area contributed by atoms with E-state index in [1.807, 2.05) is 48.5 Å². The summed E-state index contributed by atoms with van der Waals surface area (Å²) in [7, 11) is 0.451. The van der Waals surface area contributed by atoms with Crippen molar-refractivity contribution >= 4 is 37.4 Å². The number of aryl methyl sites for hydroxylation is 1. The summed E-state index contributed by atoms with van der Waals surface area (Å²) in [5, 5.41) is 2.95. The summed E-state index contributed by atoms with van der Waals surface area (Å²) < 4.78 is 30.8. The van der Waals surface area contributed by atoms with Gasteiger partial charge in [0.25, 0.3) is 10.0 Å². The summed E-state index contributed by atoms with van der Waals surface area (Å²) in [5.74, 6) is 0. The Hall–Kier alpha value is -2.83. The minimum Gasteiger partial charge on any atom is -0.344 e. The number of aromatic nitrogens is 1. The zero-order valence-corrected chi connectivity index (χ0v) is 17.7. The third-order valence-corrected chi connectivity index (χ3v) is 6.54. The second-order valence-corrected chi connectivity index (χ2v) is 9.31. The van der Waals surface area contributed by atoms with E-state index in [0.29, 0.717) is 5.69 Å².